The molecule has 0 aromatic heterocycles. The molecular formula is C28H38N4OS. The number of aldehydes is 1. The molecule has 1 saturated carbocycles. The maximum atomic E-state index is 11.9. The number of carbonyl (C=O) groups excluding carboxylic acids is 1. The van der Waals surface area contributed by atoms with E-state index >= 15 is 0 Å². The molecule has 3 heterocycles. The Balaban J connectivity index is 1.18. The van der Waals surface area contributed by atoms with Crippen molar-refractivity contribution in [2.45, 2.75) is 75.7 Å². The second kappa shape index (κ2) is 10.5. The van der Waals surface area contributed by atoms with Gasteiger partial charge in [0.15, 0.2) is 0 Å². The van der Waals surface area contributed by atoms with Gasteiger partial charge >= 0.3 is 0 Å². The van der Waals surface area contributed by atoms with Crippen molar-refractivity contribution in [3.63, 3.8) is 0 Å². The maximum Gasteiger partial charge on any atom is 0.127 e. The zero-order chi connectivity index (χ0) is 23.5. The highest BCUT2D eigenvalue weighted by molar-refractivity contribution is 8.04. The number of thioether (sulfide) groups is 1. The van der Waals surface area contributed by atoms with Gasteiger partial charge in [0.1, 0.15) is 6.29 Å². The van der Waals surface area contributed by atoms with Gasteiger partial charge in [0.25, 0.3) is 0 Å². The molecular weight excluding hydrogens is 440 g/mol. The zero-order valence-corrected chi connectivity index (χ0v) is 21.3. The van der Waals surface area contributed by atoms with E-state index < -0.39 is 0 Å². The Hall–Kier alpha value is -1.65. The monoisotopic (exact) mass is 478 g/mol. The van der Waals surface area contributed by atoms with Crippen molar-refractivity contribution in [3.05, 3.63) is 45.4 Å². The van der Waals surface area contributed by atoms with Gasteiger partial charge in [-0.25, -0.2) is 0 Å². The van der Waals surface area contributed by atoms with Crippen LogP contribution in [0, 0.1) is 23.2 Å². The van der Waals surface area contributed by atoms with Crippen LogP contribution in [0.2, 0.25) is 0 Å². The number of nitrogens with one attached hydrogen (secondary N) is 2. The van der Waals surface area contributed by atoms with E-state index in [1.165, 1.54) is 60.3 Å². The first-order valence-corrected chi connectivity index (χ1v) is 14.0. The van der Waals surface area contributed by atoms with Gasteiger partial charge in [0.2, 0.25) is 0 Å². The molecule has 3 atom stereocenters. The van der Waals surface area contributed by atoms with E-state index in [0.29, 0.717) is 0 Å². The number of carbonyl (C=O) groups is 1. The number of fused-ring (bicyclic) bond motifs is 1. The molecule has 0 saturated heterocycles. The summed E-state index contributed by atoms with van der Waals surface area (Å²) < 4.78 is 0. The van der Waals surface area contributed by atoms with Gasteiger partial charge in [0, 0.05) is 38.6 Å². The van der Waals surface area contributed by atoms with Gasteiger partial charge in [0.05, 0.1) is 16.9 Å². The van der Waals surface area contributed by atoms with E-state index in [9.17, 15) is 10.1 Å². The highest BCUT2D eigenvalue weighted by atomic mass is 32.2. The molecule has 3 aliphatic heterocycles. The second-order valence-electron chi connectivity index (χ2n) is 10.8. The van der Waals surface area contributed by atoms with Crippen molar-refractivity contribution in [2.24, 2.45) is 11.8 Å². The molecule has 6 heteroatoms. The third-order valence-corrected chi connectivity index (χ3v) is 9.91. The van der Waals surface area contributed by atoms with Crippen LogP contribution in [0.1, 0.15) is 74.5 Å². The first kappa shape index (κ1) is 24.1. The average molecular weight is 479 g/mol. The molecule has 0 bridgehead atoms. The van der Waals surface area contributed by atoms with Crippen LogP contribution >= 0.6 is 11.8 Å². The fourth-order valence-corrected chi connectivity index (χ4v) is 7.91. The van der Waals surface area contributed by atoms with Crippen LogP contribution in [0.4, 0.5) is 0 Å². The first-order chi connectivity index (χ1) is 16.6. The van der Waals surface area contributed by atoms with Gasteiger partial charge in [-0.15, -0.1) is 11.8 Å². The predicted molar refractivity (Wildman–Crippen MR) is 138 cm³/mol. The summed E-state index contributed by atoms with van der Waals surface area (Å²) in [7, 11) is 0. The van der Waals surface area contributed by atoms with E-state index in [1.54, 1.807) is 0 Å². The summed E-state index contributed by atoms with van der Waals surface area (Å²) >= 11 is 1.87. The summed E-state index contributed by atoms with van der Waals surface area (Å²) in [5.74, 6) is 0.621. The Morgan fingerprint density at radius 3 is 2.91 bits per heavy atom. The molecule has 4 aliphatic rings. The predicted octanol–water partition coefficient (Wildman–Crippen LogP) is 4.69. The largest absolute Gasteiger partial charge is 0.309 e. The van der Waals surface area contributed by atoms with E-state index in [4.69, 9.17) is 0 Å². The molecule has 1 aromatic carbocycles. The Morgan fingerprint density at radius 1 is 1.29 bits per heavy atom. The molecule has 1 aromatic rings. The molecule has 1 aliphatic carbocycles. The quantitative estimate of drug-likeness (QED) is 0.528. The maximum absolute atomic E-state index is 11.9. The number of hydrogen-bond acceptors (Lipinski definition) is 6. The third kappa shape index (κ3) is 4.99. The molecule has 3 unspecified atom stereocenters. The lowest BCUT2D eigenvalue weighted by Crippen LogP contribution is -2.45. The highest BCUT2D eigenvalue weighted by Gasteiger charge is 2.46. The minimum atomic E-state index is -0.310. The second-order valence-corrected chi connectivity index (χ2v) is 12.3. The lowest BCUT2D eigenvalue weighted by atomic mass is 9.87. The summed E-state index contributed by atoms with van der Waals surface area (Å²) in [6.07, 6.45) is 9.82. The average Bonchev–Trinajstić information content (AvgIpc) is 3.43. The smallest absolute Gasteiger partial charge is 0.127 e. The van der Waals surface area contributed by atoms with Crippen LogP contribution in [-0.2, 0) is 17.9 Å². The Bertz CT molecular complexity index is 979. The summed E-state index contributed by atoms with van der Waals surface area (Å²) in [5.41, 5.74) is 5.11. The fraction of sp³-hybridized carbons (Fsp3) is 0.643. The molecule has 5 nitrogen and oxygen atoms in total. The van der Waals surface area contributed by atoms with Crippen molar-refractivity contribution in [3.8, 4) is 6.07 Å². The Morgan fingerprint density at radius 2 is 2.12 bits per heavy atom. The summed E-state index contributed by atoms with van der Waals surface area (Å²) in [5, 5.41) is 17.2. The summed E-state index contributed by atoms with van der Waals surface area (Å²) in [4.78, 5) is 15.7. The fourth-order valence-electron chi connectivity index (χ4n) is 6.41. The lowest BCUT2D eigenvalue weighted by molar-refractivity contribution is -0.109. The molecule has 0 amide bonds. The van der Waals surface area contributed by atoms with Gasteiger partial charge in [-0.1, -0.05) is 37.5 Å². The Kier molecular flexibility index (Phi) is 7.46. The van der Waals surface area contributed by atoms with Crippen LogP contribution in [0.15, 0.2) is 28.7 Å². The van der Waals surface area contributed by atoms with Crippen LogP contribution in [-0.4, -0.2) is 42.2 Å². The van der Waals surface area contributed by atoms with Crippen molar-refractivity contribution in [2.75, 3.05) is 26.2 Å². The van der Waals surface area contributed by atoms with Crippen LogP contribution in [0.25, 0.3) is 0 Å². The van der Waals surface area contributed by atoms with Crippen molar-refractivity contribution >= 4 is 18.0 Å². The van der Waals surface area contributed by atoms with Gasteiger partial charge in [-0.3, -0.25) is 4.90 Å². The number of benzene rings is 1. The topological polar surface area (TPSA) is 68.2 Å². The molecule has 0 spiro atoms. The first-order valence-electron chi connectivity index (χ1n) is 13.2. The van der Waals surface area contributed by atoms with E-state index in [0.717, 1.165) is 63.3 Å². The number of hydrogen-bond donors (Lipinski definition) is 2. The standard InChI is InChI=1S/C28H38N4OS/c1-28(31-11-9-23(19-33)21-7-8-22-15-30-16-24(22)13-21)26(14-29)25-18-32(12-10-27(25)34-28)17-20-5-3-2-4-6-20/h7-8,13,19-20,23,26,30-31H,2-6,9-12,15-18H2,1H3. The van der Waals surface area contributed by atoms with E-state index in [2.05, 4.69) is 46.7 Å². The van der Waals surface area contributed by atoms with Crippen LogP contribution < -0.4 is 10.6 Å². The normalized spacial score (nSPS) is 28.4. The third-order valence-electron chi connectivity index (χ3n) is 8.40. The summed E-state index contributed by atoms with van der Waals surface area (Å²) in [6.45, 7) is 8.00. The summed E-state index contributed by atoms with van der Waals surface area (Å²) in [6, 6.07) is 9.11. The lowest BCUT2D eigenvalue weighted by Gasteiger charge is -2.34. The van der Waals surface area contributed by atoms with Crippen molar-refractivity contribution < 1.29 is 4.79 Å². The van der Waals surface area contributed by atoms with E-state index in [-0.39, 0.29) is 16.7 Å². The van der Waals surface area contributed by atoms with Crippen molar-refractivity contribution in [1.82, 2.24) is 15.5 Å². The van der Waals surface area contributed by atoms with Gasteiger partial charge in [-0.05, 0) is 72.2 Å². The number of nitriles is 1. The molecule has 0 radical (unpaired) electrons. The van der Waals surface area contributed by atoms with Crippen LogP contribution in [0.5, 0.6) is 0 Å². The minimum Gasteiger partial charge on any atom is -0.309 e. The molecule has 2 N–H and O–H groups in total. The van der Waals surface area contributed by atoms with Gasteiger partial charge < -0.3 is 15.4 Å². The number of nitrogens with zero attached hydrogens (tertiary/aromatic N) is 2. The molecule has 182 valence electrons. The SMILES string of the molecule is CC1(NCCC(C=O)c2ccc3c(c2)CNC3)SC2=C(CN(CC3CCCCC3)CC2)C1C#N. The Labute approximate surface area is 208 Å². The highest BCUT2D eigenvalue weighted by Crippen LogP contribution is 2.51. The zero-order valence-electron chi connectivity index (χ0n) is 20.4. The molecule has 5 rings (SSSR count). The number of rotatable bonds is 8. The minimum absolute atomic E-state index is 0.109. The van der Waals surface area contributed by atoms with Crippen LogP contribution in [0.3, 0.4) is 0 Å². The molecule has 34 heavy (non-hydrogen) atoms. The van der Waals surface area contributed by atoms with Gasteiger partial charge in [-0.2, -0.15) is 5.26 Å². The van der Waals surface area contributed by atoms with E-state index in [1.807, 2.05) is 11.8 Å². The van der Waals surface area contributed by atoms with Crippen molar-refractivity contribution in [1.29, 1.82) is 5.26 Å². The molecule has 1 fully saturated rings.